The molecule has 0 aliphatic carbocycles. The summed E-state index contributed by atoms with van der Waals surface area (Å²) in [5, 5.41) is 14.2. The number of carbonyl (C=O) groups excluding carboxylic acids is 3. The molecular weight excluding hydrogens is 386 g/mol. The van der Waals surface area contributed by atoms with E-state index < -0.39 is 24.0 Å². The molecule has 2 aromatic rings. The van der Waals surface area contributed by atoms with Gasteiger partial charge in [-0.15, -0.1) is 0 Å². The summed E-state index contributed by atoms with van der Waals surface area (Å²) in [5.74, 6) is -1.32. The van der Waals surface area contributed by atoms with Crippen LogP contribution in [0.1, 0.15) is 34.5 Å². The van der Waals surface area contributed by atoms with Crippen molar-refractivity contribution < 1.29 is 23.9 Å². The van der Waals surface area contributed by atoms with Gasteiger partial charge in [0.15, 0.2) is 0 Å². The molecule has 1 aliphatic rings. The summed E-state index contributed by atoms with van der Waals surface area (Å²) in [4.78, 5) is 37.2. The first-order chi connectivity index (χ1) is 14.5. The molecule has 1 heterocycles. The number of esters is 2. The highest BCUT2D eigenvalue weighted by molar-refractivity contribution is 5.95. The van der Waals surface area contributed by atoms with Gasteiger partial charge in [0, 0.05) is 0 Å². The molecule has 8 nitrogen and oxygen atoms in total. The molecular formula is C22H19N3O5. The van der Waals surface area contributed by atoms with Crippen LogP contribution in [0.3, 0.4) is 0 Å². The zero-order valence-corrected chi connectivity index (χ0v) is 16.2. The number of rotatable bonds is 6. The first kappa shape index (κ1) is 20.6. The van der Waals surface area contributed by atoms with Crippen LogP contribution >= 0.6 is 0 Å². The van der Waals surface area contributed by atoms with Crippen LogP contribution in [0.4, 0.5) is 4.79 Å². The number of nitrogens with one attached hydrogen (secondary N) is 2. The van der Waals surface area contributed by atoms with Gasteiger partial charge in [0.1, 0.15) is 6.61 Å². The molecule has 0 radical (unpaired) electrons. The summed E-state index contributed by atoms with van der Waals surface area (Å²) in [7, 11) is 0. The topological polar surface area (TPSA) is 118 Å². The zero-order chi connectivity index (χ0) is 21.5. The molecule has 1 atom stereocenters. The monoisotopic (exact) mass is 405 g/mol. The van der Waals surface area contributed by atoms with Crippen LogP contribution in [0.2, 0.25) is 0 Å². The lowest BCUT2D eigenvalue weighted by Crippen LogP contribution is -2.47. The molecule has 2 N–H and O–H groups in total. The second-order valence-corrected chi connectivity index (χ2v) is 6.32. The van der Waals surface area contributed by atoms with Gasteiger partial charge in [-0.3, -0.25) is 0 Å². The lowest BCUT2D eigenvalue weighted by Gasteiger charge is -2.29. The minimum Gasteiger partial charge on any atom is -0.463 e. The highest BCUT2D eigenvalue weighted by Crippen LogP contribution is 2.28. The minimum absolute atomic E-state index is 0.135. The van der Waals surface area contributed by atoms with Gasteiger partial charge in [-0.2, -0.15) is 5.26 Å². The third kappa shape index (κ3) is 4.64. The van der Waals surface area contributed by atoms with Crippen molar-refractivity contribution in [1.82, 2.24) is 10.6 Å². The van der Waals surface area contributed by atoms with E-state index in [0.717, 1.165) is 0 Å². The number of benzene rings is 2. The molecule has 30 heavy (non-hydrogen) atoms. The van der Waals surface area contributed by atoms with Crippen LogP contribution in [0.5, 0.6) is 0 Å². The quantitative estimate of drug-likeness (QED) is 0.714. The van der Waals surface area contributed by atoms with Gasteiger partial charge in [0.25, 0.3) is 0 Å². The second kappa shape index (κ2) is 9.39. The molecule has 2 aromatic carbocycles. The van der Waals surface area contributed by atoms with Gasteiger partial charge in [-0.25, -0.2) is 14.4 Å². The Morgan fingerprint density at radius 3 is 2.53 bits per heavy atom. The Bertz CT molecular complexity index is 1040. The molecule has 1 unspecified atom stereocenters. The third-order valence-corrected chi connectivity index (χ3v) is 4.36. The van der Waals surface area contributed by atoms with Gasteiger partial charge in [0.2, 0.25) is 0 Å². The molecule has 3 rings (SSSR count). The number of nitrogens with zero attached hydrogens (tertiary/aromatic N) is 1. The van der Waals surface area contributed by atoms with E-state index in [1.807, 2.05) is 12.1 Å². The van der Waals surface area contributed by atoms with Gasteiger partial charge in [-0.05, 0) is 30.7 Å². The summed E-state index contributed by atoms with van der Waals surface area (Å²) in [6.45, 7) is 1.47. The van der Waals surface area contributed by atoms with E-state index in [9.17, 15) is 14.4 Å². The zero-order valence-electron chi connectivity index (χ0n) is 16.2. The fourth-order valence-corrected chi connectivity index (χ4v) is 3.01. The summed E-state index contributed by atoms with van der Waals surface area (Å²) < 4.78 is 10.5. The average molecular weight is 405 g/mol. The fraction of sp³-hybridized carbons (Fsp3) is 0.182. The largest absolute Gasteiger partial charge is 0.463 e. The fourth-order valence-electron chi connectivity index (χ4n) is 3.01. The van der Waals surface area contributed by atoms with E-state index in [-0.39, 0.29) is 30.0 Å². The second-order valence-electron chi connectivity index (χ2n) is 6.32. The van der Waals surface area contributed by atoms with Crippen molar-refractivity contribution >= 4 is 18.0 Å². The van der Waals surface area contributed by atoms with Gasteiger partial charge in [0.05, 0.1) is 41.1 Å². The Morgan fingerprint density at radius 2 is 1.83 bits per heavy atom. The molecule has 0 saturated heterocycles. The van der Waals surface area contributed by atoms with Crippen molar-refractivity contribution in [1.29, 1.82) is 5.26 Å². The number of ether oxygens (including phenoxy) is 2. The maximum absolute atomic E-state index is 12.6. The highest BCUT2D eigenvalue weighted by Gasteiger charge is 2.34. The van der Waals surface area contributed by atoms with Crippen LogP contribution in [0.25, 0.3) is 0 Å². The number of hydrogen-bond acceptors (Lipinski definition) is 6. The van der Waals surface area contributed by atoms with E-state index >= 15 is 0 Å². The van der Waals surface area contributed by atoms with Gasteiger partial charge < -0.3 is 20.1 Å². The van der Waals surface area contributed by atoms with E-state index in [4.69, 9.17) is 14.7 Å². The molecule has 0 saturated carbocycles. The van der Waals surface area contributed by atoms with Crippen molar-refractivity contribution in [2.45, 2.75) is 13.0 Å². The Morgan fingerprint density at radius 1 is 1.07 bits per heavy atom. The number of nitriles is 1. The molecule has 0 bridgehead atoms. The first-order valence-corrected chi connectivity index (χ1v) is 9.23. The van der Waals surface area contributed by atoms with Crippen LogP contribution in [0.15, 0.2) is 65.9 Å². The lowest BCUT2D eigenvalue weighted by atomic mass is 9.95. The summed E-state index contributed by atoms with van der Waals surface area (Å²) in [6.07, 6.45) is 0. The molecule has 0 fully saturated rings. The summed E-state index contributed by atoms with van der Waals surface area (Å²) in [5.41, 5.74) is 1.47. The molecule has 1 aliphatic heterocycles. The Hall–Kier alpha value is -4.12. The maximum atomic E-state index is 12.6. The van der Waals surface area contributed by atoms with E-state index in [1.54, 1.807) is 43.3 Å². The van der Waals surface area contributed by atoms with Crippen molar-refractivity contribution in [3.8, 4) is 6.07 Å². The number of amides is 2. The lowest BCUT2D eigenvalue weighted by molar-refractivity contribution is -0.139. The number of carbonyl (C=O) groups is 3. The number of hydrogen-bond donors (Lipinski definition) is 2. The van der Waals surface area contributed by atoms with Gasteiger partial charge >= 0.3 is 18.0 Å². The Kier molecular flexibility index (Phi) is 6.45. The van der Waals surface area contributed by atoms with Crippen LogP contribution < -0.4 is 10.6 Å². The highest BCUT2D eigenvalue weighted by atomic mass is 16.5. The predicted molar refractivity (Wildman–Crippen MR) is 106 cm³/mol. The van der Waals surface area contributed by atoms with Gasteiger partial charge in [-0.1, -0.05) is 36.4 Å². The molecule has 2 amide bonds. The molecule has 0 spiro atoms. The number of urea groups is 1. The summed E-state index contributed by atoms with van der Waals surface area (Å²) in [6, 6.07) is 15.6. The Balaban J connectivity index is 1.90. The van der Waals surface area contributed by atoms with Crippen molar-refractivity contribution in [3.05, 3.63) is 82.6 Å². The summed E-state index contributed by atoms with van der Waals surface area (Å²) >= 11 is 0. The third-order valence-electron chi connectivity index (χ3n) is 4.36. The van der Waals surface area contributed by atoms with Crippen molar-refractivity contribution in [2.24, 2.45) is 0 Å². The average Bonchev–Trinajstić information content (AvgIpc) is 2.77. The van der Waals surface area contributed by atoms with Crippen LogP contribution in [-0.4, -0.2) is 31.2 Å². The standard InChI is InChI=1S/C22H19N3O5/c1-2-29-21(27)18-17(13-30-20(26)16-10-6-7-14(11-16)12-23)24-22(28)25-19(18)15-8-4-3-5-9-15/h3-11,19H,2,13H2,1H3,(H2,24,25,28). The molecule has 152 valence electrons. The van der Waals surface area contributed by atoms with E-state index in [0.29, 0.717) is 11.1 Å². The van der Waals surface area contributed by atoms with Crippen LogP contribution in [-0.2, 0) is 14.3 Å². The first-order valence-electron chi connectivity index (χ1n) is 9.23. The van der Waals surface area contributed by atoms with Crippen LogP contribution in [0, 0.1) is 11.3 Å². The maximum Gasteiger partial charge on any atom is 0.338 e. The Labute approximate surface area is 173 Å². The predicted octanol–water partition coefficient (Wildman–Crippen LogP) is 2.59. The minimum atomic E-state index is -0.755. The normalized spacial score (nSPS) is 15.5. The SMILES string of the molecule is CCOC(=O)C1=C(COC(=O)c2cccc(C#N)c2)NC(=O)NC1c1ccccc1. The molecule has 8 heteroatoms. The van der Waals surface area contributed by atoms with E-state index in [1.165, 1.54) is 12.1 Å². The smallest absolute Gasteiger partial charge is 0.338 e. The van der Waals surface area contributed by atoms with Crippen molar-refractivity contribution in [2.75, 3.05) is 13.2 Å². The van der Waals surface area contributed by atoms with E-state index in [2.05, 4.69) is 10.6 Å². The molecule has 0 aromatic heterocycles. The van der Waals surface area contributed by atoms with Crippen molar-refractivity contribution in [3.63, 3.8) is 0 Å².